The van der Waals surface area contributed by atoms with Gasteiger partial charge < -0.3 is 20.1 Å². The third-order valence-electron chi connectivity index (χ3n) is 2.60. The fourth-order valence-corrected chi connectivity index (χ4v) is 2.69. The summed E-state index contributed by atoms with van der Waals surface area (Å²) in [5, 5.41) is 37.6. The van der Waals surface area contributed by atoms with Gasteiger partial charge >= 0.3 is 0 Å². The molecule has 0 spiro atoms. The lowest BCUT2D eigenvalue weighted by Gasteiger charge is -2.34. The van der Waals surface area contributed by atoms with E-state index in [1.165, 1.54) is 30.2 Å². The van der Waals surface area contributed by atoms with Gasteiger partial charge in [0, 0.05) is 11.9 Å². The molecule has 0 bridgehead atoms. The molecule has 1 fully saturated rings. The second-order valence-corrected chi connectivity index (χ2v) is 4.98. The molecule has 4 atom stereocenters. The van der Waals surface area contributed by atoms with Crippen LogP contribution < -0.4 is 4.74 Å². The van der Waals surface area contributed by atoms with E-state index in [4.69, 9.17) is 10.00 Å². The van der Waals surface area contributed by atoms with Gasteiger partial charge in [-0.2, -0.15) is 5.26 Å². The first-order chi connectivity index (χ1) is 8.63. The van der Waals surface area contributed by atoms with Crippen molar-refractivity contribution in [3.63, 3.8) is 0 Å². The molecule has 3 N–H and O–H groups in total. The molecule has 7 heteroatoms. The lowest BCUT2D eigenvalue weighted by molar-refractivity contribution is -0.0786. The van der Waals surface area contributed by atoms with Gasteiger partial charge in [-0.1, -0.05) is 0 Å². The van der Waals surface area contributed by atoms with Gasteiger partial charge in [0.05, 0.1) is 17.9 Å². The van der Waals surface area contributed by atoms with Crippen LogP contribution in [0.15, 0.2) is 18.5 Å². The molecule has 0 unspecified atom stereocenters. The highest BCUT2D eigenvalue weighted by Crippen LogP contribution is 2.29. The topological polar surface area (TPSA) is 107 Å². The summed E-state index contributed by atoms with van der Waals surface area (Å²) in [5.74, 6) is 0.505. The van der Waals surface area contributed by atoms with Crippen LogP contribution in [0.3, 0.4) is 0 Å². The summed E-state index contributed by atoms with van der Waals surface area (Å²) in [4.78, 5) is 3.84. The quantitative estimate of drug-likeness (QED) is 0.663. The number of rotatable bonds is 2. The number of aliphatic hydroxyl groups is 3. The van der Waals surface area contributed by atoms with E-state index in [0.717, 1.165) is 0 Å². The highest BCUT2D eigenvalue weighted by molar-refractivity contribution is 7.99. The highest BCUT2D eigenvalue weighted by atomic mass is 32.2. The number of nitrogens with zero attached hydrogens (tertiary/aromatic N) is 2. The number of hydrogen-bond acceptors (Lipinski definition) is 7. The molecule has 2 rings (SSSR count). The van der Waals surface area contributed by atoms with E-state index in [1.807, 2.05) is 6.07 Å². The number of hydrogen-bond donors (Lipinski definition) is 3. The van der Waals surface area contributed by atoms with Crippen molar-refractivity contribution in [3.05, 3.63) is 24.0 Å². The Morgan fingerprint density at radius 2 is 2.17 bits per heavy atom. The van der Waals surface area contributed by atoms with Crippen LogP contribution in [0.5, 0.6) is 5.75 Å². The Balaban J connectivity index is 2.12. The van der Waals surface area contributed by atoms with Crippen LogP contribution in [0.25, 0.3) is 0 Å². The monoisotopic (exact) mass is 268 g/mol. The normalized spacial score (nSPS) is 31.7. The molecule has 0 saturated carbocycles. The van der Waals surface area contributed by atoms with Gasteiger partial charge in [0.1, 0.15) is 18.3 Å². The first-order valence-electron chi connectivity index (χ1n) is 5.30. The van der Waals surface area contributed by atoms with Crippen molar-refractivity contribution in [1.29, 1.82) is 5.26 Å². The summed E-state index contributed by atoms with van der Waals surface area (Å²) >= 11 is 1.18. The summed E-state index contributed by atoms with van der Waals surface area (Å²) in [6, 6.07) is 3.45. The van der Waals surface area contributed by atoms with Crippen molar-refractivity contribution in [2.75, 3.05) is 5.75 Å². The van der Waals surface area contributed by atoms with Crippen LogP contribution in [0, 0.1) is 11.3 Å². The van der Waals surface area contributed by atoms with E-state index in [9.17, 15) is 15.3 Å². The SMILES string of the molecule is N#Cc1ccncc1O[C@@H]1SC[C@@H](O)[C@H](O)[C@H]1O. The molecule has 1 saturated heterocycles. The summed E-state index contributed by atoms with van der Waals surface area (Å²) < 4.78 is 5.47. The van der Waals surface area contributed by atoms with Crippen molar-refractivity contribution >= 4 is 11.8 Å². The number of thioether (sulfide) groups is 1. The van der Waals surface area contributed by atoms with E-state index in [-0.39, 0.29) is 11.5 Å². The number of aliphatic hydroxyl groups excluding tert-OH is 3. The van der Waals surface area contributed by atoms with Crippen molar-refractivity contribution in [1.82, 2.24) is 4.98 Å². The zero-order valence-electron chi connectivity index (χ0n) is 9.30. The van der Waals surface area contributed by atoms with Crippen molar-refractivity contribution in [2.45, 2.75) is 23.7 Å². The average molecular weight is 268 g/mol. The molecule has 2 heterocycles. The van der Waals surface area contributed by atoms with Gasteiger partial charge in [-0.3, -0.25) is 4.98 Å². The largest absolute Gasteiger partial charge is 0.474 e. The van der Waals surface area contributed by atoms with E-state index in [2.05, 4.69) is 4.98 Å². The highest BCUT2D eigenvalue weighted by Gasteiger charge is 2.38. The van der Waals surface area contributed by atoms with Crippen LogP contribution in [-0.4, -0.2) is 49.8 Å². The van der Waals surface area contributed by atoms with Crippen molar-refractivity contribution in [3.8, 4) is 11.8 Å². The van der Waals surface area contributed by atoms with Gasteiger partial charge in [-0.25, -0.2) is 0 Å². The minimum absolute atomic E-state index is 0.250. The lowest BCUT2D eigenvalue weighted by atomic mass is 10.1. The van der Waals surface area contributed by atoms with Crippen LogP contribution in [0.4, 0.5) is 0 Å². The molecule has 0 aliphatic carbocycles. The first-order valence-corrected chi connectivity index (χ1v) is 6.35. The molecular formula is C11H12N2O4S. The fraction of sp³-hybridized carbons (Fsp3) is 0.455. The number of pyridine rings is 1. The molecule has 0 amide bonds. The molecule has 18 heavy (non-hydrogen) atoms. The number of aromatic nitrogens is 1. The van der Waals surface area contributed by atoms with E-state index in [1.54, 1.807) is 0 Å². The summed E-state index contributed by atoms with van der Waals surface area (Å²) in [5.41, 5.74) is -0.432. The predicted molar refractivity (Wildman–Crippen MR) is 63.8 cm³/mol. The molecular weight excluding hydrogens is 256 g/mol. The predicted octanol–water partition coefficient (Wildman–Crippen LogP) is -0.512. The smallest absolute Gasteiger partial charge is 0.173 e. The maximum atomic E-state index is 9.77. The molecule has 0 radical (unpaired) electrons. The van der Waals surface area contributed by atoms with Gasteiger partial charge in [-0.05, 0) is 6.07 Å². The van der Waals surface area contributed by atoms with E-state index in [0.29, 0.717) is 5.56 Å². The van der Waals surface area contributed by atoms with Crippen LogP contribution >= 0.6 is 11.8 Å². The standard InChI is InChI=1S/C11H12N2O4S/c12-3-6-1-2-13-4-8(6)17-11-10(16)9(15)7(14)5-18-11/h1-2,4,7,9-11,14-16H,5H2/t7-,9+,10-,11-/m1/s1. The van der Waals surface area contributed by atoms with Crippen LogP contribution in [0.1, 0.15) is 5.56 Å². The maximum Gasteiger partial charge on any atom is 0.173 e. The zero-order valence-corrected chi connectivity index (χ0v) is 10.1. The maximum absolute atomic E-state index is 9.77. The van der Waals surface area contributed by atoms with E-state index >= 15 is 0 Å². The molecule has 1 aromatic rings. The Kier molecular flexibility index (Phi) is 4.04. The molecule has 1 aliphatic heterocycles. The van der Waals surface area contributed by atoms with Gasteiger partial charge in [0.25, 0.3) is 0 Å². The Labute approximate surface area is 108 Å². The van der Waals surface area contributed by atoms with Crippen molar-refractivity contribution < 1.29 is 20.1 Å². The molecule has 96 valence electrons. The zero-order chi connectivity index (χ0) is 13.1. The third kappa shape index (κ3) is 2.57. The van der Waals surface area contributed by atoms with Crippen LogP contribution in [-0.2, 0) is 0 Å². The molecule has 6 nitrogen and oxygen atoms in total. The Morgan fingerprint density at radius 3 is 2.89 bits per heavy atom. The summed E-state index contributed by atoms with van der Waals surface area (Å²) in [6.07, 6.45) is -0.601. The lowest BCUT2D eigenvalue weighted by Crippen LogP contribution is -2.50. The first kappa shape index (κ1) is 13.1. The second kappa shape index (κ2) is 5.54. The second-order valence-electron chi connectivity index (χ2n) is 3.85. The molecule has 0 aromatic carbocycles. The molecule has 1 aromatic heterocycles. The van der Waals surface area contributed by atoms with Gasteiger partial charge in [-0.15, -0.1) is 11.8 Å². The fourth-order valence-electron chi connectivity index (χ4n) is 1.57. The van der Waals surface area contributed by atoms with Gasteiger partial charge in [0.15, 0.2) is 11.2 Å². The van der Waals surface area contributed by atoms with E-state index < -0.39 is 23.7 Å². The summed E-state index contributed by atoms with van der Waals surface area (Å²) in [6.45, 7) is 0. The Bertz CT molecular complexity index is 465. The number of nitriles is 1. The molecule has 1 aliphatic rings. The number of ether oxygens (including phenoxy) is 1. The van der Waals surface area contributed by atoms with Crippen molar-refractivity contribution in [2.24, 2.45) is 0 Å². The minimum Gasteiger partial charge on any atom is -0.474 e. The Morgan fingerprint density at radius 1 is 1.39 bits per heavy atom. The Hall–Kier alpha value is -1.33. The van der Waals surface area contributed by atoms with Gasteiger partial charge in [0.2, 0.25) is 0 Å². The minimum atomic E-state index is -1.25. The average Bonchev–Trinajstić information content (AvgIpc) is 2.40. The van der Waals surface area contributed by atoms with Crippen LogP contribution in [0.2, 0.25) is 0 Å². The third-order valence-corrected chi connectivity index (χ3v) is 3.84. The summed E-state index contributed by atoms with van der Waals surface area (Å²) in [7, 11) is 0.